The van der Waals surface area contributed by atoms with Gasteiger partial charge < -0.3 is 4.74 Å². The molecular formula is C6HBrCl2F3NO. The van der Waals surface area contributed by atoms with Crippen molar-refractivity contribution in [1.29, 1.82) is 0 Å². The smallest absolute Gasteiger partial charge is 0.404 e. The van der Waals surface area contributed by atoms with Gasteiger partial charge in [-0.15, -0.1) is 13.2 Å². The van der Waals surface area contributed by atoms with E-state index in [1.807, 2.05) is 0 Å². The Bertz CT molecular complexity index is 358. The van der Waals surface area contributed by atoms with E-state index < -0.39 is 12.1 Å². The van der Waals surface area contributed by atoms with E-state index in [2.05, 4.69) is 25.7 Å². The second kappa shape index (κ2) is 4.12. The first-order valence-electron chi connectivity index (χ1n) is 3.07. The molecule has 0 aliphatic carbocycles. The first kappa shape index (κ1) is 11.9. The van der Waals surface area contributed by atoms with E-state index in [0.717, 1.165) is 6.07 Å². The summed E-state index contributed by atoms with van der Waals surface area (Å²) in [6, 6.07) is 0.974. The van der Waals surface area contributed by atoms with Crippen molar-refractivity contribution in [2.24, 2.45) is 0 Å². The van der Waals surface area contributed by atoms with Crippen LogP contribution in [0.1, 0.15) is 0 Å². The van der Waals surface area contributed by atoms with Gasteiger partial charge in [0.15, 0.2) is 10.9 Å². The van der Waals surface area contributed by atoms with Crippen molar-refractivity contribution in [1.82, 2.24) is 4.98 Å². The fourth-order valence-corrected chi connectivity index (χ4v) is 1.45. The lowest BCUT2D eigenvalue weighted by molar-refractivity contribution is -0.274. The van der Waals surface area contributed by atoms with Crippen LogP contribution in [0.5, 0.6) is 5.75 Å². The molecule has 0 spiro atoms. The molecule has 0 aliphatic heterocycles. The lowest BCUT2D eigenvalue weighted by Gasteiger charge is -2.10. The molecule has 0 amide bonds. The molecule has 0 aromatic carbocycles. The molecule has 0 saturated carbocycles. The van der Waals surface area contributed by atoms with Gasteiger partial charge in [-0.25, -0.2) is 4.98 Å². The highest BCUT2D eigenvalue weighted by Gasteiger charge is 2.32. The summed E-state index contributed by atoms with van der Waals surface area (Å²) in [5.74, 6) is -0.592. The Hall–Kier alpha value is -0.200. The van der Waals surface area contributed by atoms with Gasteiger partial charge in [0.1, 0.15) is 9.63 Å². The average Bonchev–Trinajstić information content (AvgIpc) is 1.96. The van der Waals surface area contributed by atoms with Gasteiger partial charge in [0.05, 0.1) is 0 Å². The first-order valence-corrected chi connectivity index (χ1v) is 4.62. The molecule has 0 N–H and O–H groups in total. The van der Waals surface area contributed by atoms with Gasteiger partial charge in [-0.1, -0.05) is 23.2 Å². The van der Waals surface area contributed by atoms with Crippen LogP contribution in [-0.4, -0.2) is 11.3 Å². The van der Waals surface area contributed by atoms with E-state index in [-0.39, 0.29) is 14.8 Å². The summed E-state index contributed by atoms with van der Waals surface area (Å²) in [7, 11) is 0. The van der Waals surface area contributed by atoms with Crippen LogP contribution < -0.4 is 4.74 Å². The standard InChI is InChI=1S/C6HBrCl2F3NO/c7-3-1-2(14-6(10,11)12)4(8)5(9)13-3/h1H. The van der Waals surface area contributed by atoms with Crippen LogP contribution in [-0.2, 0) is 0 Å². The fraction of sp³-hybridized carbons (Fsp3) is 0.167. The Labute approximate surface area is 95.1 Å². The zero-order valence-electron chi connectivity index (χ0n) is 6.20. The minimum absolute atomic E-state index is 0.103. The molecule has 0 unspecified atom stereocenters. The zero-order valence-corrected chi connectivity index (χ0v) is 9.30. The summed E-state index contributed by atoms with van der Waals surface area (Å²) >= 11 is 13.7. The third-order valence-electron chi connectivity index (χ3n) is 1.08. The van der Waals surface area contributed by atoms with Crippen molar-refractivity contribution >= 4 is 39.1 Å². The lowest BCUT2D eigenvalue weighted by Crippen LogP contribution is -2.17. The molecular weight excluding hydrogens is 310 g/mol. The number of nitrogens with zero attached hydrogens (tertiary/aromatic N) is 1. The molecule has 0 fully saturated rings. The van der Waals surface area contributed by atoms with E-state index in [0.29, 0.717) is 0 Å². The monoisotopic (exact) mass is 309 g/mol. The average molecular weight is 311 g/mol. The third-order valence-corrected chi connectivity index (χ3v) is 2.22. The maximum Gasteiger partial charge on any atom is 0.573 e. The van der Waals surface area contributed by atoms with Crippen molar-refractivity contribution in [3.05, 3.63) is 20.8 Å². The Morgan fingerprint density at radius 2 is 1.93 bits per heavy atom. The molecule has 78 valence electrons. The molecule has 2 nitrogen and oxygen atoms in total. The van der Waals surface area contributed by atoms with Crippen molar-refractivity contribution in [3.8, 4) is 5.75 Å². The molecule has 1 aromatic heterocycles. The van der Waals surface area contributed by atoms with Gasteiger partial charge in [-0.3, -0.25) is 0 Å². The van der Waals surface area contributed by atoms with Crippen LogP contribution in [0.4, 0.5) is 13.2 Å². The highest BCUT2D eigenvalue weighted by molar-refractivity contribution is 9.10. The normalized spacial score (nSPS) is 11.6. The number of rotatable bonds is 1. The summed E-state index contributed by atoms with van der Waals surface area (Å²) in [4.78, 5) is 3.57. The molecule has 1 aromatic rings. The summed E-state index contributed by atoms with van der Waals surface area (Å²) in [6.07, 6.45) is -4.81. The predicted octanol–water partition coefficient (Wildman–Crippen LogP) is 4.05. The summed E-state index contributed by atoms with van der Waals surface area (Å²) in [6.45, 7) is 0. The van der Waals surface area contributed by atoms with Crippen molar-refractivity contribution < 1.29 is 17.9 Å². The van der Waals surface area contributed by atoms with Gasteiger partial charge in [0, 0.05) is 6.07 Å². The molecule has 0 aliphatic rings. The van der Waals surface area contributed by atoms with Crippen LogP contribution in [0.15, 0.2) is 10.7 Å². The minimum atomic E-state index is -4.81. The third kappa shape index (κ3) is 3.18. The van der Waals surface area contributed by atoms with Crippen molar-refractivity contribution in [2.45, 2.75) is 6.36 Å². The maximum absolute atomic E-state index is 11.8. The molecule has 1 rings (SSSR count). The van der Waals surface area contributed by atoms with Crippen LogP contribution >= 0.6 is 39.1 Å². The van der Waals surface area contributed by atoms with Crippen molar-refractivity contribution in [3.63, 3.8) is 0 Å². The lowest BCUT2D eigenvalue weighted by atomic mass is 10.4. The number of ether oxygens (including phenoxy) is 1. The molecule has 0 radical (unpaired) electrons. The fourth-order valence-electron chi connectivity index (χ4n) is 0.647. The second-order valence-electron chi connectivity index (χ2n) is 2.10. The minimum Gasteiger partial charge on any atom is -0.404 e. The number of hydrogen-bond donors (Lipinski definition) is 0. The predicted molar refractivity (Wildman–Crippen MR) is 48.6 cm³/mol. The van der Waals surface area contributed by atoms with Gasteiger partial charge in [0.2, 0.25) is 0 Å². The Balaban J connectivity index is 3.09. The highest BCUT2D eigenvalue weighted by atomic mass is 79.9. The van der Waals surface area contributed by atoms with Crippen molar-refractivity contribution in [2.75, 3.05) is 0 Å². The van der Waals surface area contributed by atoms with Gasteiger partial charge >= 0.3 is 6.36 Å². The van der Waals surface area contributed by atoms with Crippen LogP contribution in [0.25, 0.3) is 0 Å². The maximum atomic E-state index is 11.8. The molecule has 1 heterocycles. The van der Waals surface area contributed by atoms with E-state index in [1.54, 1.807) is 0 Å². The summed E-state index contributed by atoms with van der Waals surface area (Å²) in [5.41, 5.74) is 0. The SMILES string of the molecule is FC(F)(F)Oc1cc(Br)nc(Cl)c1Cl. The number of pyridine rings is 1. The van der Waals surface area contributed by atoms with Crippen LogP contribution in [0.2, 0.25) is 10.2 Å². The van der Waals surface area contributed by atoms with Crippen LogP contribution in [0, 0.1) is 0 Å². The number of halogens is 6. The van der Waals surface area contributed by atoms with E-state index in [4.69, 9.17) is 23.2 Å². The van der Waals surface area contributed by atoms with Crippen LogP contribution in [0.3, 0.4) is 0 Å². The molecule has 8 heteroatoms. The Morgan fingerprint density at radius 1 is 1.36 bits per heavy atom. The largest absolute Gasteiger partial charge is 0.573 e. The van der Waals surface area contributed by atoms with Gasteiger partial charge in [-0.05, 0) is 15.9 Å². The summed E-state index contributed by atoms with van der Waals surface area (Å²) in [5, 5.41) is -0.646. The molecule has 0 bridgehead atoms. The van der Waals surface area contributed by atoms with Gasteiger partial charge in [-0.2, -0.15) is 0 Å². The zero-order chi connectivity index (χ0) is 10.9. The Morgan fingerprint density at radius 3 is 2.43 bits per heavy atom. The van der Waals surface area contributed by atoms with E-state index >= 15 is 0 Å². The highest BCUT2D eigenvalue weighted by Crippen LogP contribution is 2.35. The molecule has 14 heavy (non-hydrogen) atoms. The molecule has 0 saturated heterocycles. The van der Waals surface area contributed by atoms with E-state index in [1.165, 1.54) is 0 Å². The molecule has 0 atom stereocenters. The number of alkyl halides is 3. The van der Waals surface area contributed by atoms with E-state index in [9.17, 15) is 13.2 Å². The first-order chi connectivity index (χ1) is 6.29. The topological polar surface area (TPSA) is 22.1 Å². The van der Waals surface area contributed by atoms with Gasteiger partial charge in [0.25, 0.3) is 0 Å². The Kier molecular flexibility index (Phi) is 3.49. The number of aromatic nitrogens is 1. The quantitative estimate of drug-likeness (QED) is 0.730. The number of hydrogen-bond acceptors (Lipinski definition) is 2. The summed E-state index contributed by atoms with van der Waals surface area (Å²) < 4.78 is 39.2. The second-order valence-corrected chi connectivity index (χ2v) is 3.64.